The van der Waals surface area contributed by atoms with Crippen molar-refractivity contribution in [2.24, 2.45) is 0 Å². The van der Waals surface area contributed by atoms with Gasteiger partial charge in [-0.3, -0.25) is 9.78 Å². The minimum Gasteiger partial charge on any atom is -0.493 e. The number of Topliss-reactive ketones (excluding diaryl/α,β-unsaturated/α-hetero) is 1. The first-order chi connectivity index (χ1) is 15.0. The van der Waals surface area contributed by atoms with Gasteiger partial charge in [0.25, 0.3) is 0 Å². The van der Waals surface area contributed by atoms with Crippen molar-refractivity contribution in [3.8, 4) is 17.6 Å². The second kappa shape index (κ2) is 8.35. The van der Waals surface area contributed by atoms with Crippen LogP contribution in [0.25, 0.3) is 10.9 Å². The fourth-order valence-electron chi connectivity index (χ4n) is 2.77. The van der Waals surface area contributed by atoms with E-state index in [4.69, 9.17) is 4.74 Å². The second-order valence-corrected chi connectivity index (χ2v) is 7.96. The number of rotatable bonds is 6. The standard InChI is InChI=1S/C20H14F3N3O5S/c1-11(27)12-4-3-5-14(6-12)26-19-13(9-24)10-25-16-8-18(17(30-2)7-15(16)19)31-32(28,29)20(21,22)23/h3-8,10H,1-2H3,(H,25,26). The van der Waals surface area contributed by atoms with Crippen molar-refractivity contribution in [1.29, 1.82) is 5.26 Å². The van der Waals surface area contributed by atoms with E-state index in [-0.39, 0.29) is 33.7 Å². The molecule has 0 saturated heterocycles. The zero-order chi connectivity index (χ0) is 23.7. The third kappa shape index (κ3) is 4.42. The molecule has 0 atom stereocenters. The molecule has 2 aromatic carbocycles. The van der Waals surface area contributed by atoms with Gasteiger partial charge in [-0.15, -0.1) is 0 Å². The van der Waals surface area contributed by atoms with Crippen molar-refractivity contribution in [2.45, 2.75) is 12.4 Å². The quantitative estimate of drug-likeness (QED) is 0.325. The predicted molar refractivity (Wildman–Crippen MR) is 108 cm³/mol. The molecule has 1 heterocycles. The van der Waals surface area contributed by atoms with Crippen LogP contribution >= 0.6 is 0 Å². The van der Waals surface area contributed by atoms with Crippen LogP contribution in [0.1, 0.15) is 22.8 Å². The van der Waals surface area contributed by atoms with Crippen molar-refractivity contribution in [1.82, 2.24) is 4.98 Å². The molecule has 32 heavy (non-hydrogen) atoms. The summed E-state index contributed by atoms with van der Waals surface area (Å²) in [5.41, 5.74) is -4.42. The molecule has 0 unspecified atom stereocenters. The van der Waals surface area contributed by atoms with Crippen LogP contribution in [0, 0.1) is 11.3 Å². The number of carbonyl (C=O) groups is 1. The van der Waals surface area contributed by atoms with E-state index in [1.165, 1.54) is 13.0 Å². The van der Waals surface area contributed by atoms with Gasteiger partial charge in [0.2, 0.25) is 0 Å². The van der Waals surface area contributed by atoms with E-state index < -0.39 is 21.4 Å². The normalized spacial score (nSPS) is 11.6. The van der Waals surface area contributed by atoms with Gasteiger partial charge in [0, 0.05) is 28.9 Å². The maximum Gasteiger partial charge on any atom is 0.534 e. The van der Waals surface area contributed by atoms with Gasteiger partial charge in [-0.2, -0.15) is 26.9 Å². The molecule has 0 bridgehead atoms. The Labute approximate surface area is 180 Å². The van der Waals surface area contributed by atoms with Crippen LogP contribution in [0.4, 0.5) is 24.5 Å². The van der Waals surface area contributed by atoms with Crippen LogP contribution in [-0.2, 0) is 10.1 Å². The number of nitrogens with zero attached hydrogens (tertiary/aromatic N) is 2. The third-order valence-corrected chi connectivity index (χ3v) is 5.26. The zero-order valence-corrected chi connectivity index (χ0v) is 17.3. The molecule has 0 radical (unpaired) electrons. The molecule has 166 valence electrons. The van der Waals surface area contributed by atoms with Crippen molar-refractivity contribution < 1.29 is 35.3 Å². The summed E-state index contributed by atoms with van der Waals surface area (Å²) in [6, 6.07) is 10.5. The molecule has 12 heteroatoms. The summed E-state index contributed by atoms with van der Waals surface area (Å²) in [6.07, 6.45) is 1.16. The lowest BCUT2D eigenvalue weighted by atomic mass is 10.1. The van der Waals surface area contributed by atoms with E-state index in [2.05, 4.69) is 14.5 Å². The van der Waals surface area contributed by atoms with Crippen molar-refractivity contribution in [2.75, 3.05) is 12.4 Å². The number of ketones is 1. The molecule has 8 nitrogen and oxygen atoms in total. The summed E-state index contributed by atoms with van der Waals surface area (Å²) in [6.45, 7) is 1.39. The zero-order valence-electron chi connectivity index (χ0n) is 16.5. The van der Waals surface area contributed by atoms with E-state index in [1.54, 1.807) is 24.3 Å². The highest BCUT2D eigenvalue weighted by Crippen LogP contribution is 2.39. The first-order valence-corrected chi connectivity index (χ1v) is 10.2. The maximum atomic E-state index is 12.7. The molecule has 0 aliphatic heterocycles. The predicted octanol–water partition coefficient (Wildman–Crippen LogP) is 4.29. The Balaban J connectivity index is 2.16. The van der Waals surface area contributed by atoms with Gasteiger partial charge in [-0.25, -0.2) is 0 Å². The average molecular weight is 465 g/mol. The van der Waals surface area contributed by atoms with E-state index >= 15 is 0 Å². The van der Waals surface area contributed by atoms with E-state index in [9.17, 15) is 31.6 Å². The van der Waals surface area contributed by atoms with Gasteiger partial charge < -0.3 is 14.2 Å². The lowest BCUT2D eigenvalue weighted by Gasteiger charge is -2.16. The van der Waals surface area contributed by atoms with Gasteiger partial charge >= 0.3 is 15.6 Å². The third-order valence-electron chi connectivity index (χ3n) is 4.30. The molecule has 1 aromatic heterocycles. The molecule has 0 spiro atoms. The maximum absolute atomic E-state index is 12.7. The van der Waals surface area contributed by atoms with Crippen LogP contribution in [0.15, 0.2) is 42.6 Å². The number of benzene rings is 2. The fourth-order valence-corrected chi connectivity index (χ4v) is 3.23. The summed E-state index contributed by atoms with van der Waals surface area (Å²) in [4.78, 5) is 15.6. The monoisotopic (exact) mass is 465 g/mol. The molecule has 3 rings (SSSR count). The van der Waals surface area contributed by atoms with Gasteiger partial charge in [0.15, 0.2) is 17.3 Å². The lowest BCUT2D eigenvalue weighted by Crippen LogP contribution is -2.28. The Bertz CT molecular complexity index is 1370. The number of pyridine rings is 1. The number of anilines is 2. The molecule has 0 aliphatic carbocycles. The number of ether oxygens (including phenoxy) is 1. The van der Waals surface area contributed by atoms with Crippen molar-refractivity contribution in [3.05, 3.63) is 53.7 Å². The number of methoxy groups -OCH3 is 1. The smallest absolute Gasteiger partial charge is 0.493 e. The van der Waals surface area contributed by atoms with E-state index in [0.717, 1.165) is 19.4 Å². The van der Waals surface area contributed by atoms with Crippen molar-refractivity contribution in [3.63, 3.8) is 0 Å². The van der Waals surface area contributed by atoms with E-state index in [1.807, 2.05) is 6.07 Å². The Hall–Kier alpha value is -3.85. The molecule has 0 amide bonds. The Kier molecular flexibility index (Phi) is 5.96. The van der Waals surface area contributed by atoms with Crippen LogP contribution in [0.3, 0.4) is 0 Å². The number of nitriles is 1. The first-order valence-electron chi connectivity index (χ1n) is 8.76. The molecular formula is C20H14F3N3O5S. The molecule has 0 fully saturated rings. The second-order valence-electron chi connectivity index (χ2n) is 6.42. The summed E-state index contributed by atoms with van der Waals surface area (Å²) in [7, 11) is -4.83. The summed E-state index contributed by atoms with van der Waals surface area (Å²) in [5, 5.41) is 12.7. The highest BCUT2D eigenvalue weighted by atomic mass is 32.2. The SMILES string of the molecule is COc1cc2c(Nc3cccc(C(C)=O)c3)c(C#N)cnc2cc1OS(=O)(=O)C(F)(F)F. The largest absolute Gasteiger partial charge is 0.534 e. The molecule has 1 N–H and O–H groups in total. The lowest BCUT2D eigenvalue weighted by molar-refractivity contribution is -0.0500. The van der Waals surface area contributed by atoms with Gasteiger partial charge in [-0.1, -0.05) is 12.1 Å². The van der Waals surface area contributed by atoms with Gasteiger partial charge in [0.05, 0.1) is 23.9 Å². The van der Waals surface area contributed by atoms with Gasteiger partial charge in [-0.05, 0) is 25.1 Å². The van der Waals surface area contributed by atoms with E-state index in [0.29, 0.717) is 11.3 Å². The highest BCUT2D eigenvalue weighted by molar-refractivity contribution is 7.88. The topological polar surface area (TPSA) is 118 Å². The number of carbonyl (C=O) groups excluding carboxylic acids is 1. The van der Waals surface area contributed by atoms with Crippen LogP contribution < -0.4 is 14.2 Å². The Morgan fingerprint density at radius 2 is 1.91 bits per heavy atom. The number of hydrogen-bond donors (Lipinski definition) is 1. The number of nitrogens with one attached hydrogen (secondary N) is 1. The number of fused-ring (bicyclic) bond motifs is 1. The molecule has 3 aromatic rings. The molecular weight excluding hydrogens is 451 g/mol. The fraction of sp³-hybridized carbons (Fsp3) is 0.150. The summed E-state index contributed by atoms with van der Waals surface area (Å²) < 4.78 is 70.2. The van der Waals surface area contributed by atoms with Gasteiger partial charge in [0.1, 0.15) is 6.07 Å². The first kappa shape index (κ1) is 22.8. The Morgan fingerprint density at radius 1 is 1.19 bits per heavy atom. The number of aromatic nitrogens is 1. The number of halogens is 3. The van der Waals surface area contributed by atoms with Crippen molar-refractivity contribution >= 4 is 38.2 Å². The van der Waals surface area contributed by atoms with Crippen LogP contribution in [0.2, 0.25) is 0 Å². The average Bonchev–Trinajstić information content (AvgIpc) is 2.72. The van der Waals surface area contributed by atoms with Crippen LogP contribution in [0.5, 0.6) is 11.5 Å². The summed E-state index contributed by atoms with van der Waals surface area (Å²) >= 11 is 0. The minimum atomic E-state index is -5.94. The highest BCUT2D eigenvalue weighted by Gasteiger charge is 2.49. The minimum absolute atomic E-state index is 0.0300. The Morgan fingerprint density at radius 3 is 2.50 bits per heavy atom. The summed E-state index contributed by atoms with van der Waals surface area (Å²) in [5.74, 6) is -1.23. The van der Waals surface area contributed by atoms with Crippen LogP contribution in [-0.4, -0.2) is 31.8 Å². The molecule has 0 saturated carbocycles. The molecule has 0 aliphatic rings. The number of hydrogen-bond acceptors (Lipinski definition) is 8. The number of alkyl halides is 3.